The molecule has 0 radical (unpaired) electrons. The lowest BCUT2D eigenvalue weighted by atomic mass is 9.84. The van der Waals surface area contributed by atoms with E-state index in [1.54, 1.807) is 28.8 Å². The highest BCUT2D eigenvalue weighted by Gasteiger charge is 2.34. The van der Waals surface area contributed by atoms with Crippen LogP contribution in [0.4, 0.5) is 0 Å². The van der Waals surface area contributed by atoms with E-state index in [2.05, 4.69) is 5.16 Å². The van der Waals surface area contributed by atoms with Crippen molar-refractivity contribution in [3.05, 3.63) is 71.6 Å². The van der Waals surface area contributed by atoms with Crippen LogP contribution in [0.25, 0.3) is 16.9 Å². The molecule has 186 valence electrons. The Bertz CT molecular complexity index is 1370. The Hall–Kier alpha value is -4.20. The van der Waals surface area contributed by atoms with Gasteiger partial charge in [0.05, 0.1) is 19.8 Å². The number of rotatable bonds is 7. The molecule has 2 aromatic carbocycles. The average molecular weight is 489 g/mol. The number of aromatic nitrogens is 2. The lowest BCUT2D eigenvalue weighted by Gasteiger charge is -2.25. The van der Waals surface area contributed by atoms with Crippen LogP contribution < -0.4 is 9.47 Å². The molecule has 2 aromatic heterocycles. The van der Waals surface area contributed by atoms with Crippen molar-refractivity contribution in [1.82, 2.24) is 9.72 Å². The Kier molecular flexibility index (Phi) is 6.41. The number of carbonyl (C=O) groups excluding carboxylic acids is 1. The number of hydrogen-bond acceptors (Lipinski definition) is 7. The number of carbonyl (C=O) groups is 1. The van der Waals surface area contributed by atoms with E-state index in [1.807, 2.05) is 24.3 Å². The third-order valence-corrected chi connectivity index (χ3v) is 6.88. The second kappa shape index (κ2) is 9.81. The Balaban J connectivity index is 1.64. The molecule has 2 N–H and O–H groups in total. The monoisotopic (exact) mass is 488 g/mol. The molecular formula is C28H28N2O6. The molecule has 1 aliphatic rings. The third kappa shape index (κ3) is 4.08. The predicted octanol–water partition coefficient (Wildman–Crippen LogP) is 5.84. The summed E-state index contributed by atoms with van der Waals surface area (Å²) in [7, 11) is 3.03. The van der Waals surface area contributed by atoms with Gasteiger partial charge in [-0.25, -0.2) is 0 Å². The summed E-state index contributed by atoms with van der Waals surface area (Å²) >= 11 is 0. The molecule has 0 atom stereocenters. The van der Waals surface area contributed by atoms with Crippen molar-refractivity contribution in [1.29, 1.82) is 0 Å². The van der Waals surface area contributed by atoms with Crippen molar-refractivity contribution >= 4 is 5.78 Å². The molecular weight excluding hydrogens is 460 g/mol. The zero-order valence-corrected chi connectivity index (χ0v) is 20.2. The molecule has 0 aliphatic heterocycles. The fourth-order valence-electron chi connectivity index (χ4n) is 5.08. The minimum Gasteiger partial charge on any atom is -0.503 e. The lowest BCUT2D eigenvalue weighted by Crippen LogP contribution is -2.15. The van der Waals surface area contributed by atoms with Gasteiger partial charge in [-0.15, -0.1) is 0 Å². The number of aromatic hydroxyl groups is 2. The number of hydrogen-bond donors (Lipinski definition) is 2. The fraction of sp³-hybridized carbons (Fsp3) is 0.286. The van der Waals surface area contributed by atoms with E-state index < -0.39 is 5.75 Å². The zero-order chi connectivity index (χ0) is 25.2. The van der Waals surface area contributed by atoms with Crippen LogP contribution in [0.2, 0.25) is 0 Å². The van der Waals surface area contributed by atoms with Gasteiger partial charge in [-0.1, -0.05) is 36.6 Å². The summed E-state index contributed by atoms with van der Waals surface area (Å²) in [5, 5.41) is 26.2. The van der Waals surface area contributed by atoms with Crippen LogP contribution >= 0.6 is 0 Å². The van der Waals surface area contributed by atoms with Crippen LogP contribution in [0.3, 0.4) is 0 Å². The largest absolute Gasteiger partial charge is 0.503 e. The molecule has 0 bridgehead atoms. The highest BCUT2D eigenvalue weighted by Crippen LogP contribution is 2.46. The van der Waals surface area contributed by atoms with Crippen molar-refractivity contribution in [2.24, 2.45) is 0 Å². The van der Waals surface area contributed by atoms with Crippen molar-refractivity contribution < 1.29 is 29.0 Å². The Morgan fingerprint density at radius 1 is 0.972 bits per heavy atom. The van der Waals surface area contributed by atoms with Crippen LogP contribution in [0.5, 0.6) is 23.1 Å². The van der Waals surface area contributed by atoms with Gasteiger partial charge in [0.25, 0.3) is 0 Å². The molecule has 1 aliphatic carbocycles. The van der Waals surface area contributed by atoms with Gasteiger partial charge in [0.15, 0.2) is 23.0 Å². The van der Waals surface area contributed by atoms with Gasteiger partial charge in [0, 0.05) is 34.5 Å². The standard InChI is InChI=1S/C28H28N2O6/c1-34-22-13-10-19(16-23(22)35-2)26(31)24-25(18-6-4-3-5-7-18)30(28(33)27(24)32)20-11-8-17(9-12-20)21-14-15-36-29-21/h8-16,18,32-33H,3-7H2,1-2H3. The first kappa shape index (κ1) is 23.5. The van der Waals surface area contributed by atoms with Gasteiger partial charge in [-0.3, -0.25) is 9.36 Å². The van der Waals surface area contributed by atoms with Gasteiger partial charge in [0.2, 0.25) is 5.88 Å². The number of ether oxygens (including phenoxy) is 2. The van der Waals surface area contributed by atoms with Gasteiger partial charge in [-0.05, 0) is 43.2 Å². The van der Waals surface area contributed by atoms with E-state index in [0.717, 1.165) is 37.7 Å². The Labute approximate surface area is 208 Å². The first-order valence-electron chi connectivity index (χ1n) is 12.0. The summed E-state index contributed by atoms with van der Waals surface area (Å²) in [6.45, 7) is 0. The van der Waals surface area contributed by atoms with Gasteiger partial charge >= 0.3 is 0 Å². The van der Waals surface area contributed by atoms with E-state index >= 15 is 0 Å². The third-order valence-electron chi connectivity index (χ3n) is 6.88. The lowest BCUT2D eigenvalue weighted by molar-refractivity contribution is 0.103. The van der Waals surface area contributed by atoms with E-state index in [9.17, 15) is 15.0 Å². The quantitative estimate of drug-likeness (QED) is 0.315. The molecule has 0 unspecified atom stereocenters. The van der Waals surface area contributed by atoms with Crippen LogP contribution in [-0.4, -0.2) is 39.9 Å². The Morgan fingerprint density at radius 2 is 1.69 bits per heavy atom. The molecule has 0 spiro atoms. The van der Waals surface area contributed by atoms with Crippen molar-refractivity contribution in [2.75, 3.05) is 14.2 Å². The predicted molar refractivity (Wildman–Crippen MR) is 133 cm³/mol. The second-order valence-corrected chi connectivity index (χ2v) is 8.93. The summed E-state index contributed by atoms with van der Waals surface area (Å²) in [6, 6.07) is 14.0. The average Bonchev–Trinajstić information content (AvgIpc) is 3.55. The van der Waals surface area contributed by atoms with Crippen LogP contribution in [0.1, 0.15) is 59.6 Å². The summed E-state index contributed by atoms with van der Waals surface area (Å²) in [5.74, 6) is -0.237. The second-order valence-electron chi connectivity index (χ2n) is 8.93. The maximum atomic E-state index is 13.8. The van der Waals surface area contributed by atoms with Crippen LogP contribution in [0, 0.1) is 0 Å². The Morgan fingerprint density at radius 3 is 2.33 bits per heavy atom. The van der Waals surface area contributed by atoms with E-state index in [0.29, 0.717) is 34.1 Å². The highest BCUT2D eigenvalue weighted by atomic mass is 16.5. The topological polar surface area (TPSA) is 107 Å². The maximum absolute atomic E-state index is 13.8. The molecule has 1 fully saturated rings. The minimum atomic E-state index is -0.420. The molecule has 2 heterocycles. The zero-order valence-electron chi connectivity index (χ0n) is 20.2. The van der Waals surface area contributed by atoms with Gasteiger partial charge < -0.3 is 24.2 Å². The van der Waals surface area contributed by atoms with Crippen LogP contribution in [0.15, 0.2) is 59.3 Å². The molecule has 36 heavy (non-hydrogen) atoms. The normalized spacial score (nSPS) is 14.1. The number of benzene rings is 2. The fourth-order valence-corrected chi connectivity index (χ4v) is 5.08. The summed E-state index contributed by atoms with van der Waals surface area (Å²) in [5.41, 5.74) is 3.26. The molecule has 8 heteroatoms. The number of ketones is 1. The summed E-state index contributed by atoms with van der Waals surface area (Å²) in [4.78, 5) is 13.8. The van der Waals surface area contributed by atoms with Crippen molar-refractivity contribution in [3.8, 4) is 40.1 Å². The van der Waals surface area contributed by atoms with Crippen molar-refractivity contribution in [2.45, 2.75) is 38.0 Å². The number of methoxy groups -OCH3 is 2. The molecule has 5 rings (SSSR count). The first-order valence-corrected chi connectivity index (χ1v) is 12.0. The van der Waals surface area contributed by atoms with E-state index in [-0.39, 0.29) is 23.1 Å². The molecule has 1 saturated carbocycles. The highest BCUT2D eigenvalue weighted by molar-refractivity contribution is 6.12. The van der Waals surface area contributed by atoms with Crippen molar-refractivity contribution in [3.63, 3.8) is 0 Å². The van der Waals surface area contributed by atoms with Gasteiger partial charge in [-0.2, -0.15) is 0 Å². The number of nitrogens with zero attached hydrogens (tertiary/aromatic N) is 2. The molecule has 0 amide bonds. The molecule has 0 saturated heterocycles. The summed E-state index contributed by atoms with van der Waals surface area (Å²) < 4.78 is 17.2. The van der Waals surface area contributed by atoms with Gasteiger partial charge in [0.1, 0.15) is 12.0 Å². The van der Waals surface area contributed by atoms with E-state index in [1.165, 1.54) is 20.5 Å². The maximum Gasteiger partial charge on any atom is 0.240 e. The molecule has 8 nitrogen and oxygen atoms in total. The minimum absolute atomic E-state index is 0.0138. The smallest absolute Gasteiger partial charge is 0.240 e. The first-order chi connectivity index (χ1) is 17.5. The summed E-state index contributed by atoms with van der Waals surface area (Å²) in [6.07, 6.45) is 6.41. The van der Waals surface area contributed by atoms with Crippen LogP contribution in [-0.2, 0) is 0 Å². The molecule has 4 aromatic rings. The van der Waals surface area contributed by atoms with E-state index in [4.69, 9.17) is 14.0 Å². The SMILES string of the molecule is COc1ccc(C(=O)c2c(O)c(O)n(-c3ccc(-c4ccon4)cc3)c2C2CCCCC2)cc1OC.